The molecule has 0 aliphatic heterocycles. The first kappa shape index (κ1) is 18.1. The summed E-state index contributed by atoms with van der Waals surface area (Å²) in [5, 5.41) is 18.7. The predicted molar refractivity (Wildman–Crippen MR) is 97.5 cm³/mol. The molecule has 3 heterocycles. The van der Waals surface area contributed by atoms with E-state index in [1.165, 1.54) is 17.9 Å². The number of H-pyrrole nitrogens is 1. The lowest BCUT2D eigenvalue weighted by atomic mass is 9.80. The summed E-state index contributed by atoms with van der Waals surface area (Å²) in [6.45, 7) is -0.413. The third-order valence-corrected chi connectivity index (χ3v) is 4.42. The van der Waals surface area contributed by atoms with Gasteiger partial charge in [0.25, 0.3) is 0 Å². The number of pyridine rings is 2. The normalized spacial score (nSPS) is 11.3. The standard InChI is InChI=1S/C17H13BF2N4O4/c1-28-14-3-2-9-15-13(6-21-16(9)23-14)22-17(25)24(15)7-10-11(19)4-8(18(26)27)5-12(10)20/h2-6,26-27H,7H2,1H3,(H,22,25). The molecule has 0 atom stereocenters. The molecule has 3 N–H and O–H groups in total. The Hall–Kier alpha value is -3.31. The lowest BCUT2D eigenvalue weighted by Crippen LogP contribution is -2.31. The van der Waals surface area contributed by atoms with Crippen molar-refractivity contribution in [2.45, 2.75) is 6.54 Å². The molecule has 0 amide bonds. The van der Waals surface area contributed by atoms with E-state index in [4.69, 9.17) is 14.8 Å². The number of nitrogens with zero attached hydrogens (tertiary/aromatic N) is 3. The largest absolute Gasteiger partial charge is 0.488 e. The minimum Gasteiger partial charge on any atom is -0.481 e. The van der Waals surface area contributed by atoms with Crippen LogP contribution in [0.3, 0.4) is 0 Å². The molecule has 0 bridgehead atoms. The highest BCUT2D eigenvalue weighted by Crippen LogP contribution is 2.24. The molecule has 11 heteroatoms. The van der Waals surface area contributed by atoms with Crippen LogP contribution in [0.5, 0.6) is 5.88 Å². The first-order valence-corrected chi connectivity index (χ1v) is 8.15. The molecule has 0 saturated carbocycles. The van der Waals surface area contributed by atoms with Gasteiger partial charge in [0.15, 0.2) is 5.65 Å². The van der Waals surface area contributed by atoms with Crippen molar-refractivity contribution in [3.63, 3.8) is 0 Å². The van der Waals surface area contributed by atoms with Gasteiger partial charge in [0, 0.05) is 17.0 Å². The van der Waals surface area contributed by atoms with Crippen molar-refractivity contribution in [1.29, 1.82) is 0 Å². The second-order valence-corrected chi connectivity index (χ2v) is 6.10. The van der Waals surface area contributed by atoms with E-state index < -0.39 is 31.0 Å². The van der Waals surface area contributed by atoms with Crippen LogP contribution in [-0.4, -0.2) is 43.8 Å². The second kappa shape index (κ2) is 6.70. The predicted octanol–water partition coefficient (Wildman–Crippen LogP) is 0.288. The molecule has 3 aromatic heterocycles. The highest BCUT2D eigenvalue weighted by Gasteiger charge is 2.20. The van der Waals surface area contributed by atoms with Gasteiger partial charge in [-0.3, -0.25) is 4.57 Å². The summed E-state index contributed by atoms with van der Waals surface area (Å²) in [4.78, 5) is 23.4. The third-order valence-electron chi connectivity index (χ3n) is 4.42. The van der Waals surface area contributed by atoms with Crippen LogP contribution in [0.1, 0.15) is 5.56 Å². The summed E-state index contributed by atoms with van der Waals surface area (Å²) in [6, 6.07) is 4.87. The van der Waals surface area contributed by atoms with E-state index in [1.807, 2.05) is 0 Å². The van der Waals surface area contributed by atoms with Crippen LogP contribution >= 0.6 is 0 Å². The number of aromatic nitrogens is 4. The topological polar surface area (TPSA) is 113 Å². The van der Waals surface area contributed by atoms with Gasteiger partial charge in [0.2, 0.25) is 5.88 Å². The number of benzene rings is 1. The van der Waals surface area contributed by atoms with Crippen molar-refractivity contribution >= 4 is 34.6 Å². The van der Waals surface area contributed by atoms with Gasteiger partial charge in [0.1, 0.15) is 11.6 Å². The maximum absolute atomic E-state index is 14.4. The summed E-state index contributed by atoms with van der Waals surface area (Å²) in [5.74, 6) is -1.66. The van der Waals surface area contributed by atoms with E-state index in [0.717, 1.165) is 12.1 Å². The van der Waals surface area contributed by atoms with E-state index in [-0.39, 0.29) is 11.0 Å². The first-order chi connectivity index (χ1) is 13.4. The lowest BCUT2D eigenvalue weighted by Gasteiger charge is -2.10. The van der Waals surface area contributed by atoms with Gasteiger partial charge in [-0.25, -0.2) is 18.6 Å². The molecule has 28 heavy (non-hydrogen) atoms. The molecule has 142 valence electrons. The lowest BCUT2D eigenvalue weighted by molar-refractivity contribution is 0.399. The van der Waals surface area contributed by atoms with Gasteiger partial charge in [-0.2, -0.15) is 4.98 Å². The first-order valence-electron chi connectivity index (χ1n) is 8.15. The Bertz CT molecular complexity index is 1250. The molecule has 1 aromatic carbocycles. The average molecular weight is 386 g/mol. The summed E-state index contributed by atoms with van der Waals surface area (Å²) in [5.41, 5.74) is -0.220. The number of rotatable bonds is 4. The molecule has 8 nitrogen and oxygen atoms in total. The van der Waals surface area contributed by atoms with Gasteiger partial charge >= 0.3 is 12.8 Å². The fourth-order valence-corrected chi connectivity index (χ4v) is 3.06. The number of ether oxygens (including phenoxy) is 1. The summed E-state index contributed by atoms with van der Waals surface area (Å²) >= 11 is 0. The highest BCUT2D eigenvalue weighted by atomic mass is 19.1. The van der Waals surface area contributed by atoms with Crippen LogP contribution in [0.2, 0.25) is 0 Å². The molecule has 0 fully saturated rings. The van der Waals surface area contributed by atoms with Crippen molar-refractivity contribution in [2.75, 3.05) is 7.11 Å². The monoisotopic (exact) mass is 386 g/mol. The number of hydrogen-bond donors (Lipinski definition) is 3. The maximum atomic E-state index is 14.4. The van der Waals surface area contributed by atoms with E-state index in [9.17, 15) is 13.6 Å². The second-order valence-electron chi connectivity index (χ2n) is 6.10. The number of fused-ring (bicyclic) bond motifs is 3. The number of halogens is 2. The molecule has 0 unspecified atom stereocenters. The zero-order valence-electron chi connectivity index (χ0n) is 14.5. The Morgan fingerprint density at radius 2 is 1.96 bits per heavy atom. The Labute approximate surface area is 156 Å². The Kier molecular flexibility index (Phi) is 4.32. The number of hydrogen-bond acceptors (Lipinski definition) is 6. The summed E-state index contributed by atoms with van der Waals surface area (Å²) in [7, 11) is -0.554. The van der Waals surface area contributed by atoms with Crippen LogP contribution in [0.4, 0.5) is 8.78 Å². The summed E-state index contributed by atoms with van der Waals surface area (Å²) < 4.78 is 35.0. The highest BCUT2D eigenvalue weighted by molar-refractivity contribution is 6.58. The van der Waals surface area contributed by atoms with Gasteiger partial charge in [-0.1, -0.05) is 0 Å². The molecule has 4 rings (SSSR count). The third kappa shape index (κ3) is 2.90. The van der Waals surface area contributed by atoms with Crippen molar-refractivity contribution in [1.82, 2.24) is 19.5 Å². The van der Waals surface area contributed by atoms with Crippen molar-refractivity contribution in [3.05, 3.63) is 58.1 Å². The van der Waals surface area contributed by atoms with E-state index >= 15 is 0 Å². The number of methoxy groups -OCH3 is 1. The quantitative estimate of drug-likeness (QED) is 0.435. The Balaban J connectivity index is 1.91. The number of imidazole rings is 1. The molecule has 0 aliphatic carbocycles. The van der Waals surface area contributed by atoms with Crippen molar-refractivity contribution < 1.29 is 23.6 Å². The van der Waals surface area contributed by atoms with Gasteiger partial charge in [-0.15, -0.1) is 0 Å². The molecular weight excluding hydrogens is 373 g/mol. The average Bonchev–Trinajstić information content (AvgIpc) is 2.99. The van der Waals surface area contributed by atoms with Gasteiger partial charge in [0.05, 0.1) is 30.9 Å². The zero-order chi connectivity index (χ0) is 20.0. The molecule has 4 aromatic rings. The Morgan fingerprint density at radius 1 is 1.25 bits per heavy atom. The molecule has 0 radical (unpaired) electrons. The van der Waals surface area contributed by atoms with Crippen LogP contribution in [0, 0.1) is 11.6 Å². The smallest absolute Gasteiger partial charge is 0.481 e. The zero-order valence-corrected chi connectivity index (χ0v) is 14.5. The Morgan fingerprint density at radius 3 is 2.61 bits per heavy atom. The number of nitrogens with one attached hydrogen (secondary N) is 1. The minimum absolute atomic E-state index is 0.305. The van der Waals surface area contributed by atoms with Crippen LogP contribution < -0.4 is 15.9 Å². The van der Waals surface area contributed by atoms with Crippen LogP contribution in [-0.2, 0) is 6.54 Å². The number of aromatic amines is 1. The SMILES string of the molecule is COc1ccc2c(ncc3[nH]c(=O)n(Cc4c(F)cc(B(O)O)cc4F)c32)n1. The van der Waals surface area contributed by atoms with E-state index in [1.54, 1.807) is 12.1 Å². The fraction of sp³-hybridized carbons (Fsp3) is 0.118. The van der Waals surface area contributed by atoms with Crippen LogP contribution in [0.15, 0.2) is 35.3 Å². The van der Waals surface area contributed by atoms with Crippen LogP contribution in [0.25, 0.3) is 22.1 Å². The fourth-order valence-electron chi connectivity index (χ4n) is 3.06. The molecular formula is C17H13BF2N4O4. The van der Waals surface area contributed by atoms with Crippen molar-refractivity contribution in [2.24, 2.45) is 0 Å². The van der Waals surface area contributed by atoms with E-state index in [2.05, 4.69) is 15.0 Å². The molecule has 0 spiro atoms. The molecule has 0 aliphatic rings. The molecule has 0 saturated heterocycles. The van der Waals surface area contributed by atoms with E-state index in [0.29, 0.717) is 27.9 Å². The van der Waals surface area contributed by atoms with Gasteiger partial charge in [-0.05, 0) is 23.7 Å². The minimum atomic E-state index is -2.01. The van der Waals surface area contributed by atoms with Gasteiger partial charge < -0.3 is 19.8 Å². The van der Waals surface area contributed by atoms with Crippen molar-refractivity contribution in [3.8, 4) is 5.88 Å². The summed E-state index contributed by atoms with van der Waals surface area (Å²) in [6.07, 6.45) is 1.40. The maximum Gasteiger partial charge on any atom is 0.488 e.